The second-order valence-corrected chi connectivity index (χ2v) is 7.75. The smallest absolute Gasteiger partial charge is 0.222 e. The van der Waals surface area contributed by atoms with E-state index in [1.165, 1.54) is 5.56 Å². The van der Waals surface area contributed by atoms with E-state index in [1.54, 1.807) is 0 Å². The number of rotatable bonds is 7. The van der Waals surface area contributed by atoms with Gasteiger partial charge in [0.2, 0.25) is 11.8 Å². The minimum atomic E-state index is 0.0350. The number of aromatic nitrogens is 1. The summed E-state index contributed by atoms with van der Waals surface area (Å²) < 4.78 is 5.67. The first-order chi connectivity index (χ1) is 13.7. The molecule has 2 saturated heterocycles. The molecule has 3 heterocycles. The zero-order chi connectivity index (χ0) is 19.3. The van der Waals surface area contributed by atoms with Crippen LogP contribution < -0.4 is 5.32 Å². The topological polar surface area (TPSA) is 71.5 Å². The number of benzene rings is 1. The molecule has 1 N–H and O–H groups in total. The van der Waals surface area contributed by atoms with Gasteiger partial charge in [-0.25, -0.2) is 0 Å². The molecule has 28 heavy (non-hydrogen) atoms. The third kappa shape index (κ3) is 4.33. The Morgan fingerprint density at radius 2 is 2.14 bits per heavy atom. The van der Waals surface area contributed by atoms with Gasteiger partial charge < -0.3 is 15.0 Å². The summed E-state index contributed by atoms with van der Waals surface area (Å²) >= 11 is 0. The molecule has 148 valence electrons. The van der Waals surface area contributed by atoms with Crippen molar-refractivity contribution in [3.8, 4) is 0 Å². The summed E-state index contributed by atoms with van der Waals surface area (Å²) in [7, 11) is 0. The molecule has 2 aromatic rings. The van der Waals surface area contributed by atoms with Crippen LogP contribution in [-0.4, -0.2) is 54.0 Å². The number of carbonyl (C=O) groups excluding carboxylic acids is 2. The monoisotopic (exact) mass is 381 g/mol. The molecule has 0 unspecified atom stereocenters. The number of amides is 2. The average Bonchev–Trinajstić information content (AvgIpc) is 3.31. The number of para-hydroxylation sites is 1. The molecule has 2 atom stereocenters. The van der Waals surface area contributed by atoms with Gasteiger partial charge in [0, 0.05) is 43.4 Å². The molecule has 0 saturated carbocycles. The quantitative estimate of drug-likeness (QED) is 0.799. The van der Waals surface area contributed by atoms with Crippen LogP contribution in [0.25, 0.3) is 10.9 Å². The van der Waals surface area contributed by atoms with Gasteiger partial charge in [0.1, 0.15) is 0 Å². The normalized spacial score (nSPS) is 22.1. The first-order valence-electron chi connectivity index (χ1n) is 10.2. The van der Waals surface area contributed by atoms with Crippen molar-refractivity contribution in [3.63, 3.8) is 0 Å². The van der Waals surface area contributed by atoms with E-state index >= 15 is 0 Å². The highest BCUT2D eigenvalue weighted by molar-refractivity contribution is 5.82. The van der Waals surface area contributed by atoms with Crippen molar-refractivity contribution >= 4 is 22.7 Å². The molecule has 4 rings (SSSR count). The fraction of sp³-hybridized carbons (Fsp3) is 0.500. The molecule has 2 aliphatic heterocycles. The Morgan fingerprint density at radius 3 is 3.00 bits per heavy atom. The molecular formula is C22H27N3O3. The lowest BCUT2D eigenvalue weighted by atomic mass is 9.93. The van der Waals surface area contributed by atoms with Gasteiger partial charge in [0.25, 0.3) is 0 Å². The summed E-state index contributed by atoms with van der Waals surface area (Å²) in [4.78, 5) is 30.3. The van der Waals surface area contributed by atoms with Crippen molar-refractivity contribution in [1.82, 2.24) is 15.2 Å². The maximum absolute atomic E-state index is 12.4. The van der Waals surface area contributed by atoms with Gasteiger partial charge in [-0.1, -0.05) is 18.2 Å². The fourth-order valence-corrected chi connectivity index (χ4v) is 4.22. The first kappa shape index (κ1) is 18.9. The molecule has 0 spiro atoms. The van der Waals surface area contributed by atoms with Gasteiger partial charge >= 0.3 is 0 Å². The summed E-state index contributed by atoms with van der Waals surface area (Å²) in [5.74, 6) is 0.524. The fourth-order valence-electron chi connectivity index (χ4n) is 4.22. The summed E-state index contributed by atoms with van der Waals surface area (Å²) in [5, 5.41) is 4.31. The SMILES string of the molecule is O=C(CCCN1CCCC1=O)N[C@@H]1COC[C@H]1Cc1ccnc2ccccc12. The highest BCUT2D eigenvalue weighted by Crippen LogP contribution is 2.24. The second kappa shape index (κ2) is 8.69. The minimum absolute atomic E-state index is 0.0350. The molecule has 2 aliphatic rings. The Kier molecular flexibility index (Phi) is 5.86. The molecule has 1 aromatic carbocycles. The minimum Gasteiger partial charge on any atom is -0.379 e. The third-order valence-electron chi connectivity index (χ3n) is 5.77. The maximum Gasteiger partial charge on any atom is 0.222 e. The van der Waals surface area contributed by atoms with Crippen LogP contribution in [0.2, 0.25) is 0 Å². The second-order valence-electron chi connectivity index (χ2n) is 7.75. The zero-order valence-electron chi connectivity index (χ0n) is 16.1. The van der Waals surface area contributed by atoms with Gasteiger partial charge in [0.15, 0.2) is 0 Å². The zero-order valence-corrected chi connectivity index (χ0v) is 16.1. The van der Waals surface area contributed by atoms with Crippen LogP contribution in [0.15, 0.2) is 36.5 Å². The standard InChI is InChI=1S/C22H27N3O3/c26-21(7-3-11-25-12-4-8-22(25)27)24-20-15-28-14-17(20)13-16-9-10-23-19-6-2-1-5-18(16)19/h1-2,5-6,9-10,17,20H,3-4,7-8,11-15H2,(H,24,26)/t17-,20-/m1/s1. The van der Waals surface area contributed by atoms with Crippen molar-refractivity contribution in [2.75, 3.05) is 26.3 Å². The number of pyridine rings is 1. The number of hydrogen-bond acceptors (Lipinski definition) is 4. The van der Waals surface area contributed by atoms with Gasteiger partial charge in [-0.05, 0) is 37.0 Å². The van der Waals surface area contributed by atoms with Crippen LogP contribution in [0.4, 0.5) is 0 Å². The van der Waals surface area contributed by atoms with E-state index in [0.29, 0.717) is 39.0 Å². The van der Waals surface area contributed by atoms with Crippen molar-refractivity contribution in [2.45, 2.75) is 38.1 Å². The van der Waals surface area contributed by atoms with E-state index < -0.39 is 0 Å². The number of likely N-dealkylation sites (tertiary alicyclic amines) is 1. The number of carbonyl (C=O) groups is 2. The van der Waals surface area contributed by atoms with Crippen LogP contribution in [-0.2, 0) is 20.7 Å². The summed E-state index contributed by atoms with van der Waals surface area (Å²) in [6, 6.07) is 10.2. The predicted molar refractivity (Wildman–Crippen MR) is 107 cm³/mol. The molecule has 1 aromatic heterocycles. The molecule has 6 heteroatoms. The lowest BCUT2D eigenvalue weighted by Crippen LogP contribution is -2.40. The van der Waals surface area contributed by atoms with Gasteiger partial charge in [-0.2, -0.15) is 0 Å². The van der Waals surface area contributed by atoms with Crippen molar-refractivity contribution in [1.29, 1.82) is 0 Å². The first-order valence-corrected chi connectivity index (χ1v) is 10.2. The van der Waals surface area contributed by atoms with Gasteiger partial charge in [-0.3, -0.25) is 14.6 Å². The molecule has 0 bridgehead atoms. The number of ether oxygens (including phenoxy) is 1. The summed E-state index contributed by atoms with van der Waals surface area (Å²) in [6.45, 7) is 2.73. The highest BCUT2D eigenvalue weighted by atomic mass is 16.5. The van der Waals surface area contributed by atoms with Crippen molar-refractivity contribution in [3.05, 3.63) is 42.1 Å². The predicted octanol–water partition coefficient (Wildman–Crippen LogP) is 2.31. The summed E-state index contributed by atoms with van der Waals surface area (Å²) in [5.41, 5.74) is 2.24. The molecule has 0 radical (unpaired) electrons. The molecule has 2 amide bonds. The Morgan fingerprint density at radius 1 is 1.25 bits per heavy atom. The van der Waals surface area contributed by atoms with Crippen LogP contribution >= 0.6 is 0 Å². The van der Waals surface area contributed by atoms with Crippen LogP contribution in [0.3, 0.4) is 0 Å². The molecule has 6 nitrogen and oxygen atoms in total. The lowest BCUT2D eigenvalue weighted by Gasteiger charge is -2.20. The highest BCUT2D eigenvalue weighted by Gasteiger charge is 2.30. The Labute approximate surface area is 165 Å². The number of nitrogens with one attached hydrogen (secondary N) is 1. The van der Waals surface area contributed by atoms with E-state index in [0.717, 1.165) is 30.3 Å². The van der Waals surface area contributed by atoms with E-state index in [2.05, 4.69) is 22.4 Å². The average molecular weight is 381 g/mol. The molecular weight excluding hydrogens is 354 g/mol. The number of hydrogen-bond donors (Lipinski definition) is 1. The Bertz CT molecular complexity index is 849. The van der Waals surface area contributed by atoms with Crippen molar-refractivity contribution in [2.24, 2.45) is 5.92 Å². The maximum atomic E-state index is 12.4. The largest absolute Gasteiger partial charge is 0.379 e. The Balaban J connectivity index is 1.30. The van der Waals surface area contributed by atoms with Crippen LogP contribution in [0.1, 0.15) is 31.2 Å². The van der Waals surface area contributed by atoms with Gasteiger partial charge in [-0.15, -0.1) is 0 Å². The molecule has 0 aliphatic carbocycles. The van der Waals surface area contributed by atoms with Gasteiger partial charge in [0.05, 0.1) is 24.8 Å². The van der Waals surface area contributed by atoms with E-state index in [-0.39, 0.29) is 23.8 Å². The number of nitrogens with zero attached hydrogens (tertiary/aromatic N) is 2. The van der Waals surface area contributed by atoms with E-state index in [1.807, 2.05) is 29.3 Å². The summed E-state index contributed by atoms with van der Waals surface area (Å²) in [6.07, 6.45) is 5.46. The van der Waals surface area contributed by atoms with Crippen LogP contribution in [0.5, 0.6) is 0 Å². The number of fused-ring (bicyclic) bond motifs is 1. The van der Waals surface area contributed by atoms with Crippen LogP contribution in [0, 0.1) is 5.92 Å². The third-order valence-corrected chi connectivity index (χ3v) is 5.77. The van der Waals surface area contributed by atoms with E-state index in [4.69, 9.17) is 4.74 Å². The Hall–Kier alpha value is -2.47. The molecule has 2 fully saturated rings. The van der Waals surface area contributed by atoms with Crippen molar-refractivity contribution < 1.29 is 14.3 Å². The van der Waals surface area contributed by atoms with E-state index in [9.17, 15) is 9.59 Å². The lowest BCUT2D eigenvalue weighted by molar-refractivity contribution is -0.128.